The first-order valence-corrected chi connectivity index (χ1v) is 11.4. The summed E-state index contributed by atoms with van der Waals surface area (Å²) in [7, 11) is -3.57. The molecule has 0 saturated carbocycles. The number of hydrogen-bond acceptors (Lipinski definition) is 5. The predicted molar refractivity (Wildman–Crippen MR) is 122 cm³/mol. The minimum absolute atomic E-state index is 0.101. The molecular formula is C21H27N3O4S2. The van der Waals surface area contributed by atoms with Crippen molar-refractivity contribution in [2.24, 2.45) is 5.92 Å². The maximum absolute atomic E-state index is 12.4. The number of amides is 1. The maximum Gasteiger partial charge on any atom is 0.257 e. The summed E-state index contributed by atoms with van der Waals surface area (Å²) < 4.78 is 32.5. The number of rotatable bonds is 8. The molecule has 2 rings (SSSR count). The summed E-state index contributed by atoms with van der Waals surface area (Å²) in [6, 6.07) is 12.7. The SMILES string of the molecule is CC(C)COc1cccc(C(=O)NC(=S)Nc2ccc(S(=O)(=O)NC(C)C)cc2)c1. The van der Waals surface area contributed by atoms with E-state index in [1.165, 1.54) is 12.1 Å². The summed E-state index contributed by atoms with van der Waals surface area (Å²) in [4.78, 5) is 12.6. The van der Waals surface area contributed by atoms with Gasteiger partial charge in [0.1, 0.15) is 5.75 Å². The van der Waals surface area contributed by atoms with Crippen LogP contribution in [0.2, 0.25) is 0 Å². The monoisotopic (exact) mass is 449 g/mol. The molecule has 0 aliphatic heterocycles. The van der Waals surface area contributed by atoms with E-state index >= 15 is 0 Å². The predicted octanol–water partition coefficient (Wildman–Crippen LogP) is 3.53. The molecule has 30 heavy (non-hydrogen) atoms. The molecule has 0 heterocycles. The van der Waals surface area contributed by atoms with Gasteiger partial charge in [-0.05, 0) is 74.4 Å². The van der Waals surface area contributed by atoms with Crippen LogP contribution in [0, 0.1) is 5.92 Å². The van der Waals surface area contributed by atoms with E-state index in [1.54, 1.807) is 50.2 Å². The molecule has 0 fully saturated rings. The van der Waals surface area contributed by atoms with Crippen molar-refractivity contribution in [1.29, 1.82) is 0 Å². The van der Waals surface area contributed by atoms with Crippen LogP contribution in [-0.4, -0.2) is 32.1 Å². The van der Waals surface area contributed by atoms with Gasteiger partial charge in [0.15, 0.2) is 5.11 Å². The van der Waals surface area contributed by atoms with E-state index in [1.807, 2.05) is 13.8 Å². The first-order chi connectivity index (χ1) is 14.1. The summed E-state index contributed by atoms with van der Waals surface area (Å²) in [5.74, 6) is 0.617. The molecule has 7 nitrogen and oxygen atoms in total. The van der Waals surface area contributed by atoms with Gasteiger partial charge in [0.2, 0.25) is 10.0 Å². The van der Waals surface area contributed by atoms with Gasteiger partial charge in [0, 0.05) is 17.3 Å². The first kappa shape index (κ1) is 23.8. The van der Waals surface area contributed by atoms with Crippen molar-refractivity contribution in [1.82, 2.24) is 10.0 Å². The highest BCUT2D eigenvalue weighted by Crippen LogP contribution is 2.16. The summed E-state index contributed by atoms with van der Waals surface area (Å²) in [6.45, 7) is 8.15. The highest BCUT2D eigenvalue weighted by molar-refractivity contribution is 7.89. The maximum atomic E-state index is 12.4. The molecule has 0 aliphatic carbocycles. The fourth-order valence-electron chi connectivity index (χ4n) is 2.42. The van der Waals surface area contributed by atoms with Crippen LogP contribution in [0.3, 0.4) is 0 Å². The Hall–Kier alpha value is -2.49. The Morgan fingerprint density at radius 1 is 1.07 bits per heavy atom. The highest BCUT2D eigenvalue weighted by atomic mass is 32.2. The Bertz CT molecular complexity index is 988. The Morgan fingerprint density at radius 3 is 2.33 bits per heavy atom. The molecule has 0 unspecified atom stereocenters. The zero-order chi connectivity index (χ0) is 22.3. The lowest BCUT2D eigenvalue weighted by Gasteiger charge is -2.12. The third-order valence-corrected chi connectivity index (χ3v) is 5.60. The van der Waals surface area contributed by atoms with Gasteiger partial charge in [-0.1, -0.05) is 19.9 Å². The summed E-state index contributed by atoms with van der Waals surface area (Å²) >= 11 is 5.19. The second-order valence-corrected chi connectivity index (χ2v) is 9.56. The van der Waals surface area contributed by atoms with E-state index in [4.69, 9.17) is 17.0 Å². The topological polar surface area (TPSA) is 96.5 Å². The Kier molecular flexibility index (Phi) is 8.33. The van der Waals surface area contributed by atoms with Gasteiger partial charge in [-0.25, -0.2) is 13.1 Å². The van der Waals surface area contributed by atoms with E-state index < -0.39 is 10.0 Å². The lowest BCUT2D eigenvalue weighted by molar-refractivity contribution is 0.0977. The van der Waals surface area contributed by atoms with Crippen LogP contribution >= 0.6 is 12.2 Å². The van der Waals surface area contributed by atoms with Crippen LogP contribution < -0.4 is 20.1 Å². The number of ether oxygens (including phenoxy) is 1. The largest absolute Gasteiger partial charge is 0.493 e. The van der Waals surface area contributed by atoms with Gasteiger partial charge < -0.3 is 10.1 Å². The molecule has 0 atom stereocenters. The first-order valence-electron chi connectivity index (χ1n) is 9.54. The number of thiocarbonyl (C=S) groups is 1. The lowest BCUT2D eigenvalue weighted by Crippen LogP contribution is -2.34. The average molecular weight is 450 g/mol. The molecule has 0 aliphatic rings. The van der Waals surface area contributed by atoms with E-state index in [2.05, 4.69) is 15.4 Å². The van der Waals surface area contributed by atoms with Crippen molar-refractivity contribution in [3.63, 3.8) is 0 Å². The molecule has 0 aromatic heterocycles. The van der Waals surface area contributed by atoms with Gasteiger partial charge in [-0.15, -0.1) is 0 Å². The minimum atomic E-state index is -3.57. The average Bonchev–Trinajstić information content (AvgIpc) is 2.66. The van der Waals surface area contributed by atoms with Crippen molar-refractivity contribution >= 4 is 38.9 Å². The minimum Gasteiger partial charge on any atom is -0.493 e. The van der Waals surface area contributed by atoms with Gasteiger partial charge >= 0.3 is 0 Å². The zero-order valence-corrected chi connectivity index (χ0v) is 19.1. The Balaban J connectivity index is 1.97. The van der Waals surface area contributed by atoms with Crippen LogP contribution in [0.15, 0.2) is 53.4 Å². The van der Waals surface area contributed by atoms with Crippen molar-refractivity contribution in [3.8, 4) is 5.75 Å². The Labute approximate surface area is 183 Å². The molecule has 3 N–H and O–H groups in total. The van der Waals surface area contributed by atoms with Crippen LogP contribution in [-0.2, 0) is 10.0 Å². The smallest absolute Gasteiger partial charge is 0.257 e. The molecule has 1 amide bonds. The van der Waals surface area contributed by atoms with Crippen LogP contribution in [0.25, 0.3) is 0 Å². The van der Waals surface area contributed by atoms with Crippen LogP contribution in [0.5, 0.6) is 5.75 Å². The normalized spacial score (nSPS) is 11.4. The standard InChI is InChI=1S/C21H27N3O4S2/c1-14(2)13-28-18-7-5-6-16(12-18)20(25)23-21(29)22-17-8-10-19(11-9-17)30(26,27)24-15(3)4/h5-12,14-15,24H,13H2,1-4H3,(H2,22,23,25,29). The third-order valence-electron chi connectivity index (χ3n) is 3.72. The van der Waals surface area contributed by atoms with Crippen molar-refractivity contribution < 1.29 is 17.9 Å². The number of benzene rings is 2. The quantitative estimate of drug-likeness (QED) is 0.534. The second kappa shape index (κ2) is 10.5. The molecule has 2 aromatic carbocycles. The molecule has 162 valence electrons. The molecule has 2 aromatic rings. The van der Waals surface area contributed by atoms with Gasteiger partial charge in [0.25, 0.3) is 5.91 Å². The second-order valence-electron chi connectivity index (χ2n) is 7.44. The van der Waals surface area contributed by atoms with Crippen LogP contribution in [0.1, 0.15) is 38.1 Å². The number of anilines is 1. The fourth-order valence-corrected chi connectivity index (χ4v) is 3.89. The number of sulfonamides is 1. The van der Waals surface area contributed by atoms with Gasteiger partial charge in [0.05, 0.1) is 11.5 Å². The van der Waals surface area contributed by atoms with E-state index in [9.17, 15) is 13.2 Å². The third kappa shape index (κ3) is 7.40. The zero-order valence-electron chi connectivity index (χ0n) is 17.4. The lowest BCUT2D eigenvalue weighted by atomic mass is 10.2. The number of carbonyl (C=O) groups is 1. The number of hydrogen-bond donors (Lipinski definition) is 3. The van der Waals surface area contributed by atoms with Crippen molar-refractivity contribution in [2.75, 3.05) is 11.9 Å². The Morgan fingerprint density at radius 2 is 1.73 bits per heavy atom. The number of carbonyl (C=O) groups excluding carboxylic acids is 1. The van der Waals surface area contributed by atoms with Gasteiger partial charge in [-0.3, -0.25) is 10.1 Å². The molecule has 0 bridgehead atoms. The molecule has 0 radical (unpaired) electrons. The van der Waals surface area contributed by atoms with E-state index in [0.717, 1.165) is 0 Å². The molecular weight excluding hydrogens is 422 g/mol. The summed E-state index contributed by atoms with van der Waals surface area (Å²) in [6.07, 6.45) is 0. The van der Waals surface area contributed by atoms with Crippen LogP contribution in [0.4, 0.5) is 5.69 Å². The van der Waals surface area contributed by atoms with E-state index in [-0.39, 0.29) is 22.0 Å². The fraction of sp³-hybridized carbons (Fsp3) is 0.333. The number of nitrogens with one attached hydrogen (secondary N) is 3. The molecule has 9 heteroatoms. The molecule has 0 spiro atoms. The van der Waals surface area contributed by atoms with E-state index in [0.29, 0.717) is 29.5 Å². The van der Waals surface area contributed by atoms with Crippen molar-refractivity contribution in [3.05, 3.63) is 54.1 Å². The van der Waals surface area contributed by atoms with Gasteiger partial charge in [-0.2, -0.15) is 0 Å². The highest BCUT2D eigenvalue weighted by Gasteiger charge is 2.15. The van der Waals surface area contributed by atoms with Crippen molar-refractivity contribution in [2.45, 2.75) is 38.6 Å². The molecule has 0 saturated heterocycles. The summed E-state index contributed by atoms with van der Waals surface area (Å²) in [5.41, 5.74) is 0.972. The summed E-state index contributed by atoms with van der Waals surface area (Å²) in [5, 5.41) is 5.57.